The number of para-hydroxylation sites is 1. The van der Waals surface area contributed by atoms with Crippen LogP contribution >= 0.6 is 0 Å². The van der Waals surface area contributed by atoms with Crippen molar-refractivity contribution < 1.29 is 0 Å². The zero-order valence-electron chi connectivity index (χ0n) is 19.5. The Morgan fingerprint density at radius 2 is 1.56 bits per heavy atom. The monoisotopic (exact) mass is 417 g/mol. The molecule has 0 aromatic heterocycles. The van der Waals surface area contributed by atoms with Crippen molar-refractivity contribution in [2.45, 2.75) is 33.1 Å². The van der Waals surface area contributed by atoms with Gasteiger partial charge in [0.2, 0.25) is 0 Å². The lowest BCUT2D eigenvalue weighted by atomic mass is 9.82. The van der Waals surface area contributed by atoms with Gasteiger partial charge in [0.15, 0.2) is 0 Å². The highest BCUT2D eigenvalue weighted by atomic mass is 15.1. The fraction of sp³-hybridized carbons (Fsp3) is 0.161. The largest absolute Gasteiger partial charge is 0.310 e. The van der Waals surface area contributed by atoms with E-state index < -0.39 is 0 Å². The Kier molecular flexibility index (Phi) is 5.76. The van der Waals surface area contributed by atoms with E-state index in [0.717, 1.165) is 17.1 Å². The number of rotatable bonds is 6. The summed E-state index contributed by atoms with van der Waals surface area (Å²) in [6, 6.07) is 25.9. The van der Waals surface area contributed by atoms with Gasteiger partial charge in [-0.25, -0.2) is 0 Å². The molecule has 0 saturated carbocycles. The molecule has 0 amide bonds. The van der Waals surface area contributed by atoms with E-state index >= 15 is 0 Å². The first-order valence-electron chi connectivity index (χ1n) is 11.2. The third-order valence-electron chi connectivity index (χ3n) is 6.76. The lowest BCUT2D eigenvalue weighted by Gasteiger charge is -2.30. The van der Waals surface area contributed by atoms with Gasteiger partial charge in [-0.3, -0.25) is 0 Å². The predicted octanol–water partition coefficient (Wildman–Crippen LogP) is 8.83. The second-order valence-electron chi connectivity index (χ2n) is 8.73. The van der Waals surface area contributed by atoms with Crippen LogP contribution in [0.2, 0.25) is 0 Å². The van der Waals surface area contributed by atoms with Crippen molar-refractivity contribution in [3.63, 3.8) is 0 Å². The van der Waals surface area contributed by atoms with Crippen LogP contribution in [0.1, 0.15) is 38.8 Å². The van der Waals surface area contributed by atoms with E-state index in [9.17, 15) is 0 Å². The third-order valence-corrected chi connectivity index (χ3v) is 6.76. The molecule has 0 spiro atoms. The summed E-state index contributed by atoms with van der Waals surface area (Å²) in [6.45, 7) is 17.1. The summed E-state index contributed by atoms with van der Waals surface area (Å²) < 4.78 is 0. The van der Waals surface area contributed by atoms with Crippen LogP contribution in [0, 0.1) is 0 Å². The maximum atomic E-state index is 4.11. The van der Waals surface area contributed by atoms with Crippen LogP contribution in [-0.4, -0.2) is 0 Å². The molecular formula is C31H31N. The minimum absolute atomic E-state index is 0.0379. The summed E-state index contributed by atoms with van der Waals surface area (Å²) in [5.41, 5.74) is 10.9. The normalized spacial score (nSPS) is 14.8. The summed E-state index contributed by atoms with van der Waals surface area (Å²) in [5, 5.41) is 0. The van der Waals surface area contributed by atoms with E-state index in [1.54, 1.807) is 0 Å². The molecule has 0 N–H and O–H groups in total. The quantitative estimate of drug-likeness (QED) is 0.362. The number of fused-ring (bicyclic) bond motifs is 1. The van der Waals surface area contributed by atoms with Crippen LogP contribution in [-0.2, 0) is 5.41 Å². The zero-order valence-corrected chi connectivity index (χ0v) is 19.5. The maximum Gasteiger partial charge on any atom is 0.0539 e. The number of allylic oxidation sites excluding steroid dienone is 5. The molecule has 0 saturated heterocycles. The van der Waals surface area contributed by atoms with Crippen molar-refractivity contribution in [3.8, 4) is 11.1 Å². The molecule has 160 valence electrons. The van der Waals surface area contributed by atoms with E-state index in [1.165, 1.54) is 33.4 Å². The number of nitrogens with zero attached hydrogens (tertiary/aromatic N) is 1. The molecule has 0 unspecified atom stereocenters. The van der Waals surface area contributed by atoms with E-state index in [-0.39, 0.29) is 5.41 Å². The van der Waals surface area contributed by atoms with Gasteiger partial charge >= 0.3 is 0 Å². The van der Waals surface area contributed by atoms with Crippen molar-refractivity contribution in [2.75, 3.05) is 4.90 Å². The number of hydrogen-bond donors (Lipinski definition) is 0. The number of anilines is 2. The topological polar surface area (TPSA) is 3.24 Å². The van der Waals surface area contributed by atoms with E-state index in [4.69, 9.17) is 0 Å². The minimum Gasteiger partial charge on any atom is -0.310 e. The average molecular weight is 418 g/mol. The minimum atomic E-state index is -0.0379. The van der Waals surface area contributed by atoms with E-state index in [0.29, 0.717) is 0 Å². The highest BCUT2D eigenvalue weighted by molar-refractivity contribution is 5.89. The van der Waals surface area contributed by atoms with Crippen molar-refractivity contribution >= 4 is 16.9 Å². The standard InChI is InChI=1S/C31H31N/c1-7-24(8-2)32(30-18-14-13-17-27(30)23-15-11-10-12-16-23)25-19-20-28-26(9-3)22(4)31(5,6)29(28)21-25/h7-21H,1,3H2,2,4-6H3/b24-8+. The Morgan fingerprint density at radius 1 is 0.875 bits per heavy atom. The molecule has 3 aromatic carbocycles. The van der Waals surface area contributed by atoms with Gasteiger partial charge in [-0.05, 0) is 60.4 Å². The molecule has 0 atom stereocenters. The first-order valence-corrected chi connectivity index (χ1v) is 11.2. The third kappa shape index (κ3) is 3.44. The van der Waals surface area contributed by atoms with Crippen LogP contribution in [0.3, 0.4) is 0 Å². The van der Waals surface area contributed by atoms with E-state index in [2.05, 4.69) is 125 Å². The maximum absolute atomic E-state index is 4.11. The molecule has 0 fully saturated rings. The molecule has 1 aliphatic carbocycles. The van der Waals surface area contributed by atoms with Crippen molar-refractivity contribution in [3.05, 3.63) is 127 Å². The highest BCUT2D eigenvalue weighted by Gasteiger charge is 2.35. The summed E-state index contributed by atoms with van der Waals surface area (Å²) in [4.78, 5) is 2.31. The van der Waals surface area contributed by atoms with Gasteiger partial charge < -0.3 is 4.90 Å². The van der Waals surface area contributed by atoms with Gasteiger partial charge in [0, 0.05) is 22.4 Å². The summed E-state index contributed by atoms with van der Waals surface area (Å²) in [5.74, 6) is 0. The molecule has 1 heteroatoms. The Hall–Kier alpha value is -3.58. The molecule has 0 radical (unpaired) electrons. The van der Waals surface area contributed by atoms with Gasteiger partial charge in [0.1, 0.15) is 0 Å². The zero-order chi connectivity index (χ0) is 22.9. The lowest BCUT2D eigenvalue weighted by Crippen LogP contribution is -2.19. The van der Waals surface area contributed by atoms with Crippen LogP contribution in [0.4, 0.5) is 11.4 Å². The molecule has 0 heterocycles. The SMILES string of the molecule is C=CC1=C(C)C(C)(C)c2cc(N(/C(C=C)=C/C)c3ccccc3-c3ccccc3)ccc21. The van der Waals surface area contributed by atoms with Crippen molar-refractivity contribution in [2.24, 2.45) is 0 Å². The van der Waals surface area contributed by atoms with Crippen LogP contribution < -0.4 is 4.90 Å². The Labute approximate surface area is 192 Å². The Bertz CT molecular complexity index is 1240. The predicted molar refractivity (Wildman–Crippen MR) is 140 cm³/mol. The second-order valence-corrected chi connectivity index (χ2v) is 8.73. The number of hydrogen-bond acceptors (Lipinski definition) is 1. The van der Waals surface area contributed by atoms with Gasteiger partial charge in [0.05, 0.1) is 5.69 Å². The van der Waals surface area contributed by atoms with Gasteiger partial charge in [-0.15, -0.1) is 0 Å². The molecule has 4 rings (SSSR count). The van der Waals surface area contributed by atoms with Crippen molar-refractivity contribution in [1.82, 2.24) is 0 Å². The molecule has 0 bridgehead atoms. The fourth-order valence-electron chi connectivity index (χ4n) is 4.72. The summed E-state index contributed by atoms with van der Waals surface area (Å²) in [7, 11) is 0. The molecule has 1 aliphatic rings. The first kappa shape index (κ1) is 21.6. The van der Waals surface area contributed by atoms with Crippen LogP contribution in [0.15, 0.2) is 115 Å². The summed E-state index contributed by atoms with van der Waals surface area (Å²) in [6.07, 6.45) is 6.04. The Morgan fingerprint density at radius 3 is 2.22 bits per heavy atom. The van der Waals surface area contributed by atoms with Crippen LogP contribution in [0.25, 0.3) is 16.7 Å². The smallest absolute Gasteiger partial charge is 0.0539 e. The number of benzene rings is 3. The van der Waals surface area contributed by atoms with Gasteiger partial charge in [-0.1, -0.05) is 99.3 Å². The molecule has 0 aliphatic heterocycles. The fourth-order valence-corrected chi connectivity index (χ4v) is 4.72. The first-order chi connectivity index (χ1) is 15.4. The van der Waals surface area contributed by atoms with Gasteiger partial charge in [0.25, 0.3) is 0 Å². The highest BCUT2D eigenvalue weighted by Crippen LogP contribution is 2.48. The molecule has 32 heavy (non-hydrogen) atoms. The molecular weight excluding hydrogens is 386 g/mol. The Balaban J connectivity index is 1.94. The van der Waals surface area contributed by atoms with Gasteiger partial charge in [-0.2, -0.15) is 0 Å². The summed E-state index contributed by atoms with van der Waals surface area (Å²) >= 11 is 0. The second kappa shape index (κ2) is 8.51. The average Bonchev–Trinajstić information content (AvgIpc) is 3.02. The van der Waals surface area contributed by atoms with E-state index in [1.807, 2.05) is 12.2 Å². The molecule has 3 aromatic rings. The van der Waals surface area contributed by atoms with Crippen molar-refractivity contribution in [1.29, 1.82) is 0 Å². The van der Waals surface area contributed by atoms with Crippen LogP contribution in [0.5, 0.6) is 0 Å². The lowest BCUT2D eigenvalue weighted by molar-refractivity contribution is 0.639. The molecule has 1 nitrogen and oxygen atoms in total.